The van der Waals surface area contributed by atoms with Crippen LogP contribution in [0.25, 0.3) is 0 Å². The van der Waals surface area contributed by atoms with Gasteiger partial charge in [-0.1, -0.05) is 11.8 Å². The molecule has 1 aromatic heterocycles. The minimum Gasteiger partial charge on any atom is -0.508 e. The van der Waals surface area contributed by atoms with E-state index in [-0.39, 0.29) is 17.5 Å². The van der Waals surface area contributed by atoms with E-state index in [9.17, 15) is 9.90 Å². The van der Waals surface area contributed by atoms with Gasteiger partial charge in [-0.2, -0.15) is 0 Å². The van der Waals surface area contributed by atoms with Crippen molar-refractivity contribution in [2.75, 3.05) is 5.73 Å². The Kier molecular flexibility index (Phi) is 2.98. The summed E-state index contributed by atoms with van der Waals surface area (Å²) in [6.07, 6.45) is 2.05. The summed E-state index contributed by atoms with van der Waals surface area (Å²) in [6, 6.07) is 5.24. The van der Waals surface area contributed by atoms with E-state index in [0.29, 0.717) is 16.6 Å². The molecule has 1 fully saturated rings. The van der Waals surface area contributed by atoms with Crippen LogP contribution in [-0.2, 0) is 5.75 Å². The van der Waals surface area contributed by atoms with Crippen molar-refractivity contribution in [1.29, 1.82) is 0 Å². The van der Waals surface area contributed by atoms with Gasteiger partial charge in [0.2, 0.25) is 0 Å². The SMILES string of the molecule is Nc1ccc(O)c(CSc2n[nH]c(=O)n2C2CC2)c1. The Morgan fingerprint density at radius 3 is 3.05 bits per heavy atom. The highest BCUT2D eigenvalue weighted by molar-refractivity contribution is 7.98. The van der Waals surface area contributed by atoms with Crippen molar-refractivity contribution in [2.45, 2.75) is 29.8 Å². The van der Waals surface area contributed by atoms with E-state index in [1.165, 1.54) is 11.8 Å². The zero-order valence-electron chi connectivity index (χ0n) is 10.2. The van der Waals surface area contributed by atoms with Gasteiger partial charge < -0.3 is 10.8 Å². The first-order valence-corrected chi connectivity index (χ1v) is 7.01. The third kappa shape index (κ3) is 2.46. The Bertz CT molecular complexity index is 660. The van der Waals surface area contributed by atoms with Crippen molar-refractivity contribution in [3.05, 3.63) is 34.2 Å². The fourth-order valence-corrected chi connectivity index (χ4v) is 2.91. The van der Waals surface area contributed by atoms with Crippen molar-refractivity contribution in [3.8, 4) is 5.75 Å². The molecule has 1 heterocycles. The molecule has 100 valence electrons. The molecule has 19 heavy (non-hydrogen) atoms. The normalized spacial score (nSPS) is 14.7. The molecular weight excluding hydrogens is 264 g/mol. The van der Waals surface area contributed by atoms with Crippen LogP contribution in [0.3, 0.4) is 0 Å². The molecule has 0 amide bonds. The third-order valence-electron chi connectivity index (χ3n) is 3.04. The average Bonchev–Trinajstić information content (AvgIpc) is 3.15. The summed E-state index contributed by atoms with van der Waals surface area (Å²) >= 11 is 1.42. The maximum absolute atomic E-state index is 11.6. The summed E-state index contributed by atoms with van der Waals surface area (Å²) in [6.45, 7) is 0. The Hall–Kier alpha value is -1.89. The molecule has 0 aliphatic heterocycles. The van der Waals surface area contributed by atoms with Crippen LogP contribution in [0.4, 0.5) is 5.69 Å². The summed E-state index contributed by atoms with van der Waals surface area (Å²) in [5.41, 5.74) is 6.87. The van der Waals surface area contributed by atoms with Gasteiger partial charge in [-0.05, 0) is 31.0 Å². The number of nitrogens with two attached hydrogens (primary N) is 1. The number of aromatic amines is 1. The van der Waals surface area contributed by atoms with Crippen molar-refractivity contribution in [2.24, 2.45) is 0 Å². The van der Waals surface area contributed by atoms with E-state index < -0.39 is 0 Å². The first-order chi connectivity index (χ1) is 9.15. The van der Waals surface area contributed by atoms with E-state index in [1.54, 1.807) is 22.8 Å². The Labute approximate surface area is 113 Å². The Morgan fingerprint density at radius 2 is 2.32 bits per heavy atom. The van der Waals surface area contributed by atoms with E-state index in [0.717, 1.165) is 18.4 Å². The van der Waals surface area contributed by atoms with Crippen LogP contribution in [0.2, 0.25) is 0 Å². The molecule has 7 heteroatoms. The molecule has 4 N–H and O–H groups in total. The number of rotatable bonds is 4. The number of thioether (sulfide) groups is 1. The Balaban J connectivity index is 1.79. The first-order valence-electron chi connectivity index (χ1n) is 6.02. The molecule has 1 aliphatic carbocycles. The van der Waals surface area contributed by atoms with E-state index in [1.807, 2.05) is 0 Å². The zero-order valence-corrected chi connectivity index (χ0v) is 11.0. The van der Waals surface area contributed by atoms with Gasteiger partial charge in [-0.15, -0.1) is 5.10 Å². The van der Waals surface area contributed by atoms with Crippen LogP contribution < -0.4 is 11.4 Å². The number of hydrogen-bond acceptors (Lipinski definition) is 5. The quantitative estimate of drug-likeness (QED) is 0.447. The highest BCUT2D eigenvalue weighted by Crippen LogP contribution is 2.37. The smallest absolute Gasteiger partial charge is 0.344 e. The van der Waals surface area contributed by atoms with Crippen LogP contribution >= 0.6 is 11.8 Å². The fraction of sp³-hybridized carbons (Fsp3) is 0.333. The van der Waals surface area contributed by atoms with Crippen LogP contribution in [0.5, 0.6) is 5.75 Å². The predicted molar refractivity (Wildman–Crippen MR) is 73.2 cm³/mol. The number of aromatic hydroxyl groups is 1. The molecule has 0 atom stereocenters. The predicted octanol–water partition coefficient (Wildman–Crippen LogP) is 1.49. The topological polar surface area (TPSA) is 96.9 Å². The van der Waals surface area contributed by atoms with Crippen LogP contribution in [-0.4, -0.2) is 19.9 Å². The van der Waals surface area contributed by atoms with Crippen molar-refractivity contribution in [3.63, 3.8) is 0 Å². The number of H-pyrrole nitrogens is 1. The average molecular weight is 278 g/mol. The number of hydrogen-bond donors (Lipinski definition) is 3. The minimum absolute atomic E-state index is 0.165. The standard InChI is InChI=1S/C12H14N4O2S/c13-8-1-4-10(17)7(5-8)6-19-12-15-14-11(18)16(12)9-2-3-9/h1,4-5,9,17H,2-3,6,13H2,(H,14,18). The molecule has 0 bridgehead atoms. The second-order valence-electron chi connectivity index (χ2n) is 4.59. The molecule has 1 aliphatic rings. The minimum atomic E-state index is -0.165. The number of aromatic nitrogens is 3. The van der Waals surface area contributed by atoms with Gasteiger partial charge in [-0.25, -0.2) is 9.89 Å². The highest BCUT2D eigenvalue weighted by Gasteiger charge is 2.28. The first kappa shape index (κ1) is 12.2. The van der Waals surface area contributed by atoms with Crippen LogP contribution in [0.1, 0.15) is 24.4 Å². The van der Waals surface area contributed by atoms with E-state index in [2.05, 4.69) is 10.2 Å². The second kappa shape index (κ2) is 4.65. The molecule has 0 spiro atoms. The maximum Gasteiger partial charge on any atom is 0.344 e. The van der Waals surface area contributed by atoms with Gasteiger partial charge in [0.1, 0.15) is 5.75 Å². The molecule has 3 rings (SSSR count). The monoisotopic (exact) mass is 278 g/mol. The summed E-state index contributed by atoms with van der Waals surface area (Å²) < 4.78 is 1.69. The largest absolute Gasteiger partial charge is 0.508 e. The molecule has 0 radical (unpaired) electrons. The van der Waals surface area contributed by atoms with Crippen LogP contribution in [0.15, 0.2) is 28.2 Å². The molecule has 0 unspecified atom stereocenters. The molecule has 0 saturated heterocycles. The number of anilines is 1. The summed E-state index contributed by atoms with van der Waals surface area (Å²) in [4.78, 5) is 11.6. The highest BCUT2D eigenvalue weighted by atomic mass is 32.2. The van der Waals surface area contributed by atoms with Crippen molar-refractivity contribution in [1.82, 2.24) is 14.8 Å². The third-order valence-corrected chi connectivity index (χ3v) is 4.05. The maximum atomic E-state index is 11.6. The summed E-state index contributed by atoms with van der Waals surface area (Å²) in [7, 11) is 0. The molecular formula is C12H14N4O2S. The number of nitrogens with one attached hydrogen (secondary N) is 1. The van der Waals surface area contributed by atoms with Gasteiger partial charge in [0.15, 0.2) is 5.16 Å². The van der Waals surface area contributed by atoms with E-state index in [4.69, 9.17) is 5.73 Å². The lowest BCUT2D eigenvalue weighted by molar-refractivity contribution is 0.470. The van der Waals surface area contributed by atoms with Crippen molar-refractivity contribution >= 4 is 17.4 Å². The Morgan fingerprint density at radius 1 is 1.53 bits per heavy atom. The van der Waals surface area contributed by atoms with E-state index >= 15 is 0 Å². The molecule has 1 aromatic carbocycles. The van der Waals surface area contributed by atoms with Gasteiger partial charge in [0.05, 0.1) is 0 Å². The molecule has 6 nitrogen and oxygen atoms in total. The van der Waals surface area contributed by atoms with Gasteiger partial charge >= 0.3 is 5.69 Å². The molecule has 1 saturated carbocycles. The summed E-state index contributed by atoms with van der Waals surface area (Å²) in [5.74, 6) is 0.728. The lowest BCUT2D eigenvalue weighted by Crippen LogP contribution is -2.16. The lowest BCUT2D eigenvalue weighted by Gasteiger charge is -2.06. The molecule has 2 aromatic rings. The number of benzene rings is 1. The van der Waals surface area contributed by atoms with Crippen molar-refractivity contribution < 1.29 is 5.11 Å². The number of nitrogens with zero attached hydrogens (tertiary/aromatic N) is 2. The van der Waals surface area contributed by atoms with Gasteiger partial charge in [0.25, 0.3) is 0 Å². The van der Waals surface area contributed by atoms with Crippen LogP contribution in [0, 0.1) is 0 Å². The number of phenols is 1. The zero-order chi connectivity index (χ0) is 13.4. The van der Waals surface area contributed by atoms with Gasteiger partial charge in [0, 0.05) is 23.0 Å². The lowest BCUT2D eigenvalue weighted by atomic mass is 10.2. The summed E-state index contributed by atoms with van der Waals surface area (Å²) in [5, 5.41) is 16.9. The number of nitrogen functional groups attached to an aromatic ring is 1. The second-order valence-corrected chi connectivity index (χ2v) is 5.53. The fourth-order valence-electron chi connectivity index (χ4n) is 1.91. The van der Waals surface area contributed by atoms with Gasteiger partial charge in [-0.3, -0.25) is 4.57 Å². The number of phenolic OH excluding ortho intramolecular Hbond substituents is 1.